The Balaban J connectivity index is 0.000000112. The van der Waals surface area contributed by atoms with E-state index in [0.717, 1.165) is 13.2 Å². The van der Waals surface area contributed by atoms with E-state index in [9.17, 15) is 0 Å². The van der Waals surface area contributed by atoms with Gasteiger partial charge < -0.3 is 17.1 Å². The molecule has 4 nitrogen and oxygen atoms in total. The van der Waals surface area contributed by atoms with E-state index in [1.165, 1.54) is 12.8 Å². The maximum Gasteiger partial charge on any atom is 0.286 e. The number of ether oxygens (including phenoxy) is 1. The largest absolute Gasteiger partial charge is 0.425 e. The van der Waals surface area contributed by atoms with Crippen LogP contribution in [0, 0.1) is 0 Å². The molecule has 2 aliphatic heterocycles. The highest BCUT2D eigenvalue weighted by Crippen LogP contribution is 1.98. The summed E-state index contributed by atoms with van der Waals surface area (Å²) in [5.74, 6) is 0. The van der Waals surface area contributed by atoms with Gasteiger partial charge in [-0.15, -0.1) is 0 Å². The first-order chi connectivity index (χ1) is 5.50. The molecular weight excluding hydrogens is 196 g/mol. The van der Waals surface area contributed by atoms with Crippen molar-refractivity contribution in [3.63, 3.8) is 0 Å². The summed E-state index contributed by atoms with van der Waals surface area (Å²) in [4.78, 5) is 0. The minimum atomic E-state index is -0.493. The van der Waals surface area contributed by atoms with E-state index in [4.69, 9.17) is 17.1 Å². The van der Waals surface area contributed by atoms with Crippen LogP contribution in [0.5, 0.6) is 0 Å². The van der Waals surface area contributed by atoms with Gasteiger partial charge >= 0.3 is 0 Å². The molecule has 0 radical (unpaired) electrons. The van der Waals surface area contributed by atoms with Crippen LogP contribution in [-0.2, 0) is 17.1 Å². The van der Waals surface area contributed by atoms with Crippen LogP contribution in [0.2, 0.25) is 0 Å². The highest BCUT2D eigenvalue weighted by Gasteiger charge is 1.97. The van der Waals surface area contributed by atoms with Gasteiger partial charge in [0.2, 0.25) is 0 Å². The van der Waals surface area contributed by atoms with Crippen molar-refractivity contribution in [3.05, 3.63) is 0 Å². The van der Waals surface area contributed by atoms with Crippen molar-refractivity contribution < 1.29 is 17.1 Å². The summed E-state index contributed by atoms with van der Waals surface area (Å²) in [6.07, 6.45) is 2.56. The van der Waals surface area contributed by atoms with Gasteiger partial charge in [0, 0.05) is 13.2 Å². The molecule has 0 N–H and O–H groups in total. The molecule has 0 saturated carbocycles. The van der Waals surface area contributed by atoms with Crippen LogP contribution in [0.1, 0.15) is 12.8 Å². The van der Waals surface area contributed by atoms with Gasteiger partial charge in [0.15, 0.2) is 0 Å². The fourth-order valence-corrected chi connectivity index (χ4v) is 6.20. The second-order valence-corrected chi connectivity index (χ2v) is 7.89. The average molecular weight is 210 g/mol. The second kappa shape index (κ2) is 7.16. The smallest absolute Gasteiger partial charge is 0.286 e. The fourth-order valence-electron chi connectivity index (χ4n) is 0.789. The molecule has 0 spiro atoms. The Kier molecular flexibility index (Phi) is 6.23. The molecule has 0 aromatic heterocycles. The van der Waals surface area contributed by atoms with Crippen LogP contribution in [0.25, 0.3) is 0 Å². The molecule has 2 fully saturated rings. The van der Waals surface area contributed by atoms with E-state index in [-0.39, 0.29) is 0 Å². The average Bonchev–Trinajstić information content (AvgIpc) is 2.64. The Bertz CT molecular complexity index is 66.3. The summed E-state index contributed by atoms with van der Waals surface area (Å²) in [7, 11) is -1.48. The van der Waals surface area contributed by atoms with Crippen LogP contribution >= 0.6 is 0 Å². The lowest BCUT2D eigenvalue weighted by Crippen LogP contribution is -2.23. The summed E-state index contributed by atoms with van der Waals surface area (Å²) in [5, 5.41) is 0. The Hall–Kier alpha value is 0.491. The Morgan fingerprint density at radius 1 is 0.727 bits per heavy atom. The highest BCUT2D eigenvalue weighted by molar-refractivity contribution is 6.50. The maximum atomic E-state index is 4.94. The first kappa shape index (κ1) is 9.58. The monoisotopic (exact) mass is 210 g/mol. The van der Waals surface area contributed by atoms with E-state index >= 15 is 0 Å². The summed E-state index contributed by atoms with van der Waals surface area (Å²) in [5.41, 5.74) is 0. The molecule has 0 amide bonds. The molecule has 0 bridgehead atoms. The lowest BCUT2D eigenvalue weighted by Gasteiger charge is -2.10. The molecule has 0 atom stereocenters. The Labute approximate surface area is 73.7 Å². The van der Waals surface area contributed by atoms with Crippen LogP contribution < -0.4 is 0 Å². The molecule has 11 heavy (non-hydrogen) atoms. The molecule has 2 aliphatic rings. The molecule has 2 heterocycles. The molecule has 0 aliphatic carbocycles. The van der Waals surface area contributed by atoms with Gasteiger partial charge in [-0.2, -0.15) is 0 Å². The summed E-state index contributed by atoms with van der Waals surface area (Å²) < 4.78 is 19.8. The quantitative estimate of drug-likeness (QED) is 0.427. The SMILES string of the molecule is C1CCOC1.O1[SiH2]O[SiH2]O[SiH2]1. The molecule has 2 rings (SSSR count). The zero-order valence-electron chi connectivity index (χ0n) is 6.58. The molecule has 7 heteroatoms. The van der Waals surface area contributed by atoms with Gasteiger partial charge in [-0.1, -0.05) is 0 Å². The topological polar surface area (TPSA) is 36.9 Å². The van der Waals surface area contributed by atoms with Gasteiger partial charge in [-0.3, -0.25) is 0 Å². The minimum Gasteiger partial charge on any atom is -0.425 e. The van der Waals surface area contributed by atoms with Gasteiger partial charge in [-0.25, -0.2) is 0 Å². The Morgan fingerprint density at radius 3 is 1.36 bits per heavy atom. The van der Waals surface area contributed by atoms with Crippen molar-refractivity contribution in [2.24, 2.45) is 0 Å². The highest BCUT2D eigenvalue weighted by atomic mass is 28.4. The van der Waals surface area contributed by atoms with Crippen LogP contribution in [-0.4, -0.2) is 43.2 Å². The van der Waals surface area contributed by atoms with E-state index in [1.54, 1.807) is 0 Å². The predicted octanol–water partition coefficient (Wildman–Crippen LogP) is -2.16. The molecule has 66 valence electrons. The van der Waals surface area contributed by atoms with Gasteiger partial charge in [0.05, 0.1) is 0 Å². The lowest BCUT2D eigenvalue weighted by molar-refractivity contribution is 0.198. The fraction of sp³-hybridized carbons (Fsp3) is 1.00. The first-order valence-corrected chi connectivity index (χ1v) is 7.27. The van der Waals surface area contributed by atoms with Gasteiger partial charge in [-0.05, 0) is 12.8 Å². The summed E-state index contributed by atoms with van der Waals surface area (Å²) in [6.45, 7) is 2.00. The number of hydrogen-bond acceptors (Lipinski definition) is 4. The number of hydrogen-bond donors (Lipinski definition) is 0. The summed E-state index contributed by atoms with van der Waals surface area (Å²) in [6, 6.07) is 0. The molecule has 0 aromatic rings. The molecule has 2 saturated heterocycles. The molecule has 0 unspecified atom stereocenters. The van der Waals surface area contributed by atoms with Crippen molar-refractivity contribution in [3.8, 4) is 0 Å². The third kappa shape index (κ3) is 5.73. The second-order valence-electron chi connectivity index (χ2n) is 2.29. The standard InChI is InChI=1S/C4H8O.H6O3Si3/c1-2-4-5-3-1;1-4-2-6-3-5-1/h1-4H2;4-6H2. The van der Waals surface area contributed by atoms with Crippen molar-refractivity contribution in [1.82, 2.24) is 0 Å². The molecule has 0 aromatic carbocycles. The summed E-state index contributed by atoms with van der Waals surface area (Å²) >= 11 is 0. The van der Waals surface area contributed by atoms with Crippen LogP contribution in [0.4, 0.5) is 0 Å². The Morgan fingerprint density at radius 2 is 1.18 bits per heavy atom. The minimum absolute atomic E-state index is 0.493. The normalized spacial score (nSPS) is 30.5. The molecular formula is C4H14O4Si3. The van der Waals surface area contributed by atoms with E-state index in [2.05, 4.69) is 0 Å². The third-order valence-electron chi connectivity index (χ3n) is 1.33. The van der Waals surface area contributed by atoms with Gasteiger partial charge in [0.1, 0.15) is 0 Å². The van der Waals surface area contributed by atoms with E-state index in [1.807, 2.05) is 0 Å². The lowest BCUT2D eigenvalue weighted by atomic mass is 10.4. The van der Waals surface area contributed by atoms with Crippen molar-refractivity contribution >= 4 is 30.0 Å². The number of rotatable bonds is 0. The zero-order chi connectivity index (χ0) is 7.78. The van der Waals surface area contributed by atoms with Crippen molar-refractivity contribution in [2.45, 2.75) is 12.8 Å². The van der Waals surface area contributed by atoms with Gasteiger partial charge in [0.25, 0.3) is 30.0 Å². The van der Waals surface area contributed by atoms with Crippen molar-refractivity contribution in [1.29, 1.82) is 0 Å². The van der Waals surface area contributed by atoms with Crippen molar-refractivity contribution in [2.75, 3.05) is 13.2 Å². The maximum absolute atomic E-state index is 4.94. The first-order valence-electron chi connectivity index (χ1n) is 3.81. The predicted molar refractivity (Wildman–Crippen MR) is 48.9 cm³/mol. The van der Waals surface area contributed by atoms with Crippen LogP contribution in [0.15, 0.2) is 0 Å². The van der Waals surface area contributed by atoms with E-state index < -0.39 is 30.0 Å². The zero-order valence-corrected chi connectivity index (χ0v) is 10.8. The van der Waals surface area contributed by atoms with E-state index in [0.29, 0.717) is 0 Å². The van der Waals surface area contributed by atoms with Crippen LogP contribution in [0.3, 0.4) is 0 Å². The third-order valence-corrected chi connectivity index (χ3v) is 5.33.